The van der Waals surface area contributed by atoms with Gasteiger partial charge in [-0.1, -0.05) is 23.7 Å². The molecule has 258 valence electrons. The van der Waals surface area contributed by atoms with Crippen LogP contribution in [0.3, 0.4) is 0 Å². The Morgan fingerprint density at radius 3 is 1.71 bits per heavy atom. The van der Waals surface area contributed by atoms with E-state index < -0.39 is 5.54 Å². The van der Waals surface area contributed by atoms with Crippen LogP contribution in [0.15, 0.2) is 142 Å². The maximum absolute atomic E-state index is 5.99. The van der Waals surface area contributed by atoms with Gasteiger partial charge >= 0.3 is 0 Å². The summed E-state index contributed by atoms with van der Waals surface area (Å²) in [7, 11) is 0. The number of aliphatic imine (C=N–C) groups is 3. The van der Waals surface area contributed by atoms with E-state index in [0.717, 1.165) is 55.5 Å². The third-order valence-electron chi connectivity index (χ3n) is 9.63. The van der Waals surface area contributed by atoms with Crippen molar-refractivity contribution in [2.75, 3.05) is 0 Å². The number of nitrogens with one attached hydrogen (secondary N) is 1. The molecule has 9 rings (SSSR count). The summed E-state index contributed by atoms with van der Waals surface area (Å²) >= 11 is 0. The molecule has 0 aromatic carbocycles. The molecular weight excluding hydrogens is 689 g/mol. The molecular formula is C48H26N8. The number of rotatable bonds is 4. The van der Waals surface area contributed by atoms with Crippen LogP contribution in [0.2, 0.25) is 0 Å². The lowest BCUT2D eigenvalue weighted by atomic mass is 9.76. The second-order valence-corrected chi connectivity index (χ2v) is 13.0. The maximum atomic E-state index is 5.99. The zero-order chi connectivity index (χ0) is 38.2. The van der Waals surface area contributed by atoms with Gasteiger partial charge in [0.1, 0.15) is 28.3 Å². The highest BCUT2D eigenvalue weighted by Gasteiger charge is 2.46. The van der Waals surface area contributed by atoms with Crippen molar-refractivity contribution in [1.29, 1.82) is 0 Å². The van der Waals surface area contributed by atoms with Gasteiger partial charge in [0.25, 0.3) is 0 Å². The van der Waals surface area contributed by atoms with Gasteiger partial charge in [0.15, 0.2) is 0 Å². The minimum Gasteiger partial charge on any atom is -0.355 e. The highest BCUT2D eigenvalue weighted by molar-refractivity contribution is 6.51. The summed E-state index contributed by atoms with van der Waals surface area (Å²) in [6.45, 7) is 0. The second kappa shape index (κ2) is 13.5. The standard InChI is InChI=1S/C48H26N8/c1-5-34-23-30(15-19-49-34)44-43-14-13-41(55-43)28-39-10-9-38(53-39)27-40-11-12-42(54-40)29-48(33-18-22-52-37(8-4)26-33)46(32-17-21-51-36(7-3)25-32)45(47(44)56-48)31-16-20-50-35(6-2)24-31/h1-4,9-29,53H. The lowest BCUT2D eigenvalue weighted by Gasteiger charge is -2.29. The molecule has 1 atom stereocenters. The van der Waals surface area contributed by atoms with E-state index >= 15 is 0 Å². The molecule has 4 aliphatic rings. The van der Waals surface area contributed by atoms with E-state index in [0.29, 0.717) is 45.5 Å². The van der Waals surface area contributed by atoms with Crippen molar-refractivity contribution < 1.29 is 0 Å². The summed E-state index contributed by atoms with van der Waals surface area (Å²) in [5.74, 6) is 10.8. The number of allylic oxidation sites excluding steroid dienone is 6. The van der Waals surface area contributed by atoms with Crippen LogP contribution in [0.1, 0.15) is 45.0 Å². The van der Waals surface area contributed by atoms with Gasteiger partial charge in [0, 0.05) is 52.2 Å². The number of aromatic amines is 1. The molecule has 1 unspecified atom stereocenters. The van der Waals surface area contributed by atoms with Crippen LogP contribution in [0.4, 0.5) is 0 Å². The topological polar surface area (TPSA) is 104 Å². The number of hydrogen-bond donors (Lipinski definition) is 1. The summed E-state index contributed by atoms with van der Waals surface area (Å²) in [6.07, 6.45) is 44.6. The van der Waals surface area contributed by atoms with Crippen LogP contribution < -0.4 is 10.7 Å². The number of terminal acetylenes is 4. The van der Waals surface area contributed by atoms with E-state index in [4.69, 9.17) is 40.7 Å². The average Bonchev–Trinajstić information content (AvgIpc) is 4.06. The average molecular weight is 715 g/mol. The Morgan fingerprint density at radius 2 is 1.07 bits per heavy atom. The Labute approximate surface area is 322 Å². The van der Waals surface area contributed by atoms with Gasteiger partial charge in [0.2, 0.25) is 0 Å². The monoisotopic (exact) mass is 714 g/mol. The first kappa shape index (κ1) is 33.4. The highest BCUT2D eigenvalue weighted by Crippen LogP contribution is 2.53. The van der Waals surface area contributed by atoms with E-state index in [2.05, 4.69) is 48.6 Å². The molecule has 1 N–H and O–H groups in total. The zero-order valence-electron chi connectivity index (χ0n) is 29.6. The summed E-state index contributed by atoms with van der Waals surface area (Å²) < 4.78 is 0. The number of fused-ring (bicyclic) bond motifs is 5. The molecule has 8 nitrogen and oxygen atoms in total. The number of H-pyrrole nitrogens is 1. The van der Waals surface area contributed by atoms with E-state index in [1.165, 1.54) is 0 Å². The van der Waals surface area contributed by atoms with Crippen molar-refractivity contribution in [2.24, 2.45) is 15.0 Å². The molecule has 0 amide bonds. The summed E-state index contributed by atoms with van der Waals surface area (Å²) in [4.78, 5) is 37.4. The summed E-state index contributed by atoms with van der Waals surface area (Å²) in [6, 6.07) is 19.1. The van der Waals surface area contributed by atoms with Crippen molar-refractivity contribution in [2.45, 2.75) is 5.54 Å². The van der Waals surface area contributed by atoms with Crippen molar-refractivity contribution in [3.05, 3.63) is 183 Å². The normalized spacial score (nSPS) is 17.7. The Kier molecular flexibility index (Phi) is 8.07. The van der Waals surface area contributed by atoms with Crippen molar-refractivity contribution in [1.82, 2.24) is 24.9 Å². The Morgan fingerprint density at radius 1 is 0.536 bits per heavy atom. The smallest absolute Gasteiger partial charge is 0.133 e. The molecule has 0 spiro atoms. The molecule has 0 saturated heterocycles. The van der Waals surface area contributed by atoms with Gasteiger partial charge in [-0.25, -0.2) is 29.9 Å². The molecule has 56 heavy (non-hydrogen) atoms. The summed E-state index contributed by atoms with van der Waals surface area (Å²) in [5.41, 5.74) is 9.08. The van der Waals surface area contributed by atoms with Crippen molar-refractivity contribution in [3.63, 3.8) is 0 Å². The minimum atomic E-state index is -1.30. The number of aromatic nitrogens is 5. The Bertz CT molecular complexity index is 3130. The molecule has 4 aliphatic heterocycles. The molecule has 8 bridgehead atoms. The fourth-order valence-corrected chi connectivity index (χ4v) is 7.25. The summed E-state index contributed by atoms with van der Waals surface area (Å²) in [5, 5.41) is 1.77. The van der Waals surface area contributed by atoms with Crippen LogP contribution in [-0.2, 0) is 5.54 Å². The largest absolute Gasteiger partial charge is 0.355 e. The molecule has 0 radical (unpaired) electrons. The van der Waals surface area contributed by atoms with Crippen LogP contribution in [0.25, 0.3) is 28.9 Å². The predicted octanol–water partition coefficient (Wildman–Crippen LogP) is 5.37. The van der Waals surface area contributed by atoms with E-state index in [-0.39, 0.29) is 0 Å². The zero-order valence-corrected chi connectivity index (χ0v) is 29.6. The number of pyridine rings is 4. The quantitative estimate of drug-likeness (QED) is 0.253. The first-order chi connectivity index (χ1) is 27.5. The lowest BCUT2D eigenvalue weighted by molar-refractivity contribution is 0.743. The molecule has 0 aliphatic carbocycles. The fourth-order valence-electron chi connectivity index (χ4n) is 7.25. The lowest BCUT2D eigenvalue weighted by Crippen LogP contribution is -2.22. The minimum absolute atomic E-state index is 0.432. The molecule has 9 heterocycles. The van der Waals surface area contributed by atoms with Crippen LogP contribution in [-0.4, -0.2) is 42.1 Å². The first-order valence-electron chi connectivity index (χ1n) is 17.4. The van der Waals surface area contributed by atoms with Crippen LogP contribution in [0, 0.1) is 49.4 Å². The van der Waals surface area contributed by atoms with Crippen LogP contribution >= 0.6 is 0 Å². The molecule has 0 fully saturated rings. The third kappa shape index (κ3) is 5.83. The third-order valence-corrected chi connectivity index (χ3v) is 9.63. The van der Waals surface area contributed by atoms with Crippen LogP contribution in [0.5, 0.6) is 0 Å². The van der Waals surface area contributed by atoms with Gasteiger partial charge in [0.05, 0.1) is 28.5 Å². The van der Waals surface area contributed by atoms with Crippen molar-refractivity contribution >= 4 is 46.0 Å². The van der Waals surface area contributed by atoms with Crippen molar-refractivity contribution in [3.8, 4) is 49.4 Å². The number of hydrogen-bond acceptors (Lipinski definition) is 7. The van der Waals surface area contributed by atoms with E-state index in [1.54, 1.807) is 24.8 Å². The molecule has 5 aromatic rings. The van der Waals surface area contributed by atoms with Gasteiger partial charge < -0.3 is 4.98 Å². The van der Waals surface area contributed by atoms with Gasteiger partial charge in [-0.05, 0) is 125 Å². The van der Waals surface area contributed by atoms with Gasteiger partial charge in [-0.2, -0.15) is 0 Å². The highest BCUT2D eigenvalue weighted by atomic mass is 14.9. The first-order valence-corrected chi connectivity index (χ1v) is 17.4. The molecule has 5 aromatic heterocycles. The maximum Gasteiger partial charge on any atom is 0.133 e. The van der Waals surface area contributed by atoms with E-state index in [1.807, 2.05) is 103 Å². The van der Waals surface area contributed by atoms with E-state index in [9.17, 15) is 0 Å². The fraction of sp³-hybridized carbons (Fsp3) is 0.0208. The Balaban J connectivity index is 1.52. The van der Waals surface area contributed by atoms with Gasteiger partial charge in [-0.3, -0.25) is 4.99 Å². The van der Waals surface area contributed by atoms with Gasteiger partial charge in [-0.15, -0.1) is 25.7 Å². The number of nitrogens with zero attached hydrogens (tertiary/aromatic N) is 7. The Hall–Kier alpha value is -8.43. The molecule has 8 heteroatoms. The predicted molar refractivity (Wildman–Crippen MR) is 222 cm³/mol. The second-order valence-electron chi connectivity index (χ2n) is 13.0. The molecule has 0 saturated carbocycles. The SMILES string of the molecule is C#Cc1cc(C2=C3C=CC(=N3)C=c3ccc([nH]3)=CC3=NC(=CC4(c5ccnc(C#C)c5)N=C2C(c2ccnc(C#C)c2)=C4c2ccnc(C#C)c2)C=C3)ccn1.